The van der Waals surface area contributed by atoms with E-state index in [1.54, 1.807) is 4.90 Å². The molecule has 1 fully saturated rings. The lowest BCUT2D eigenvalue weighted by Gasteiger charge is -2.27. The second-order valence-corrected chi connectivity index (χ2v) is 5.02. The third-order valence-corrected chi connectivity index (χ3v) is 3.29. The van der Waals surface area contributed by atoms with Gasteiger partial charge in [0.15, 0.2) is 5.82 Å². The molecule has 4 nitrogen and oxygen atoms in total. The van der Waals surface area contributed by atoms with Gasteiger partial charge in [0.25, 0.3) is 5.91 Å². The van der Waals surface area contributed by atoms with Crippen molar-refractivity contribution in [1.29, 1.82) is 0 Å². The number of likely N-dealkylation sites (tertiary alicyclic amines) is 1. The Kier molecular flexibility index (Phi) is 4.09. The summed E-state index contributed by atoms with van der Waals surface area (Å²) in [5.41, 5.74) is -0.238. The van der Waals surface area contributed by atoms with Crippen molar-refractivity contribution in [1.82, 2.24) is 14.8 Å². The number of carbonyl (C=O) groups excluding carboxylic acids is 1. The quantitative estimate of drug-likeness (QED) is 0.781. The summed E-state index contributed by atoms with van der Waals surface area (Å²) >= 11 is 0. The first-order chi connectivity index (χ1) is 9.00. The van der Waals surface area contributed by atoms with Gasteiger partial charge in [-0.3, -0.25) is 4.79 Å². The Morgan fingerprint density at radius 3 is 2.95 bits per heavy atom. The highest BCUT2D eigenvalue weighted by Gasteiger charge is 2.31. The fourth-order valence-corrected chi connectivity index (χ4v) is 2.45. The van der Waals surface area contributed by atoms with Crippen molar-refractivity contribution in [2.75, 3.05) is 27.2 Å². The van der Waals surface area contributed by atoms with E-state index >= 15 is 0 Å². The number of amides is 1. The lowest BCUT2D eigenvalue weighted by Crippen LogP contribution is -2.41. The molecular weight excluding hydrogens is 252 g/mol. The standard InChI is InChI=1S/C13H17F2N3O/c1-17(2)8-9-4-3-7-18(9)13(19)10-5-6-16-12(15)11(10)14/h5-6,9H,3-4,7-8H2,1-2H3. The molecule has 1 amide bonds. The number of hydrogen-bond acceptors (Lipinski definition) is 3. The first-order valence-corrected chi connectivity index (χ1v) is 6.26. The van der Waals surface area contributed by atoms with Gasteiger partial charge in [-0.2, -0.15) is 4.39 Å². The molecule has 0 bridgehead atoms. The number of likely N-dealkylation sites (N-methyl/N-ethyl adjacent to an activating group) is 1. The average molecular weight is 269 g/mol. The third kappa shape index (κ3) is 2.89. The number of pyridine rings is 1. The van der Waals surface area contributed by atoms with E-state index in [4.69, 9.17) is 0 Å². The van der Waals surface area contributed by atoms with Gasteiger partial charge in [-0.05, 0) is 33.0 Å². The number of nitrogens with zero attached hydrogens (tertiary/aromatic N) is 3. The summed E-state index contributed by atoms with van der Waals surface area (Å²) in [5, 5.41) is 0. The Hall–Kier alpha value is -1.56. The largest absolute Gasteiger partial charge is 0.334 e. The highest BCUT2D eigenvalue weighted by Crippen LogP contribution is 2.22. The molecule has 0 spiro atoms. The molecule has 0 saturated carbocycles. The summed E-state index contributed by atoms with van der Waals surface area (Å²) in [7, 11) is 3.85. The van der Waals surface area contributed by atoms with E-state index in [1.807, 2.05) is 19.0 Å². The molecule has 1 unspecified atom stereocenters. The summed E-state index contributed by atoms with van der Waals surface area (Å²) < 4.78 is 26.7. The molecule has 0 N–H and O–H groups in total. The van der Waals surface area contributed by atoms with Crippen molar-refractivity contribution in [3.8, 4) is 0 Å². The minimum absolute atomic E-state index is 0.0538. The van der Waals surface area contributed by atoms with E-state index in [-0.39, 0.29) is 11.6 Å². The molecule has 0 aromatic carbocycles. The highest BCUT2D eigenvalue weighted by molar-refractivity contribution is 5.94. The predicted octanol–water partition coefficient (Wildman–Crippen LogP) is 1.53. The monoisotopic (exact) mass is 269 g/mol. The highest BCUT2D eigenvalue weighted by atomic mass is 19.2. The van der Waals surface area contributed by atoms with Crippen LogP contribution in [0.25, 0.3) is 0 Å². The van der Waals surface area contributed by atoms with E-state index in [1.165, 1.54) is 6.07 Å². The Labute approximate surface area is 111 Å². The number of aromatic nitrogens is 1. The van der Waals surface area contributed by atoms with Crippen molar-refractivity contribution < 1.29 is 13.6 Å². The average Bonchev–Trinajstić information content (AvgIpc) is 2.79. The second kappa shape index (κ2) is 5.61. The molecule has 1 aliphatic heterocycles. The Balaban J connectivity index is 2.21. The molecule has 1 aromatic rings. The summed E-state index contributed by atoms with van der Waals surface area (Å²) in [6.45, 7) is 1.31. The smallest absolute Gasteiger partial charge is 0.257 e. The van der Waals surface area contributed by atoms with Gasteiger partial charge < -0.3 is 9.80 Å². The fourth-order valence-electron chi connectivity index (χ4n) is 2.45. The maximum Gasteiger partial charge on any atom is 0.257 e. The van der Waals surface area contributed by atoms with Gasteiger partial charge in [0, 0.05) is 25.3 Å². The topological polar surface area (TPSA) is 36.4 Å². The zero-order chi connectivity index (χ0) is 14.0. The maximum absolute atomic E-state index is 13.6. The number of rotatable bonds is 3. The summed E-state index contributed by atoms with van der Waals surface area (Å²) in [6, 6.07) is 1.28. The number of halogens is 2. The van der Waals surface area contributed by atoms with Crippen LogP contribution in [0.1, 0.15) is 23.2 Å². The van der Waals surface area contributed by atoms with Crippen LogP contribution in [0.3, 0.4) is 0 Å². The maximum atomic E-state index is 13.6. The fraction of sp³-hybridized carbons (Fsp3) is 0.538. The molecule has 0 aliphatic carbocycles. The Morgan fingerprint density at radius 2 is 2.26 bits per heavy atom. The lowest BCUT2D eigenvalue weighted by molar-refractivity contribution is 0.0710. The molecule has 2 rings (SSSR count). The van der Waals surface area contributed by atoms with Gasteiger partial charge in [-0.25, -0.2) is 9.37 Å². The van der Waals surface area contributed by atoms with Gasteiger partial charge in [0.2, 0.25) is 5.95 Å². The van der Waals surface area contributed by atoms with Gasteiger partial charge in [0.05, 0.1) is 5.56 Å². The van der Waals surface area contributed by atoms with E-state index in [9.17, 15) is 13.6 Å². The molecule has 1 aromatic heterocycles. The van der Waals surface area contributed by atoms with E-state index in [2.05, 4.69) is 4.98 Å². The van der Waals surface area contributed by atoms with Crippen molar-refractivity contribution in [2.45, 2.75) is 18.9 Å². The van der Waals surface area contributed by atoms with Crippen LogP contribution >= 0.6 is 0 Å². The first-order valence-electron chi connectivity index (χ1n) is 6.26. The van der Waals surface area contributed by atoms with E-state index < -0.39 is 17.7 Å². The van der Waals surface area contributed by atoms with Crippen LogP contribution in [0.2, 0.25) is 0 Å². The molecular formula is C13H17F2N3O. The molecule has 1 atom stereocenters. The SMILES string of the molecule is CN(C)CC1CCCN1C(=O)c1ccnc(F)c1F. The predicted molar refractivity (Wildman–Crippen MR) is 66.8 cm³/mol. The Morgan fingerprint density at radius 1 is 1.53 bits per heavy atom. The normalized spacial score (nSPS) is 19.2. The van der Waals surface area contributed by atoms with Crippen LogP contribution in [0.5, 0.6) is 0 Å². The van der Waals surface area contributed by atoms with Crippen molar-refractivity contribution in [3.63, 3.8) is 0 Å². The van der Waals surface area contributed by atoms with Crippen LogP contribution < -0.4 is 0 Å². The van der Waals surface area contributed by atoms with Gasteiger partial charge in [-0.1, -0.05) is 0 Å². The summed E-state index contributed by atoms with van der Waals surface area (Å²) in [5.74, 6) is -2.85. The van der Waals surface area contributed by atoms with E-state index in [0.717, 1.165) is 25.6 Å². The molecule has 6 heteroatoms. The van der Waals surface area contributed by atoms with Crippen molar-refractivity contribution in [3.05, 3.63) is 29.6 Å². The van der Waals surface area contributed by atoms with Crippen molar-refractivity contribution in [2.24, 2.45) is 0 Å². The van der Waals surface area contributed by atoms with Gasteiger partial charge in [-0.15, -0.1) is 0 Å². The van der Waals surface area contributed by atoms with E-state index in [0.29, 0.717) is 6.54 Å². The minimum Gasteiger partial charge on any atom is -0.334 e. The van der Waals surface area contributed by atoms with Gasteiger partial charge >= 0.3 is 0 Å². The zero-order valence-electron chi connectivity index (χ0n) is 11.1. The molecule has 1 saturated heterocycles. The van der Waals surface area contributed by atoms with Crippen LogP contribution in [0, 0.1) is 11.8 Å². The summed E-state index contributed by atoms with van der Waals surface area (Å²) in [4.78, 5) is 19.1. The summed E-state index contributed by atoms with van der Waals surface area (Å²) in [6.07, 6.45) is 2.89. The molecule has 0 radical (unpaired) electrons. The third-order valence-electron chi connectivity index (χ3n) is 3.29. The molecule has 2 heterocycles. The second-order valence-electron chi connectivity index (χ2n) is 5.02. The number of carbonyl (C=O) groups is 1. The van der Waals surface area contributed by atoms with Crippen molar-refractivity contribution >= 4 is 5.91 Å². The minimum atomic E-state index is -1.23. The van der Waals surface area contributed by atoms with Crippen LogP contribution in [0.15, 0.2) is 12.3 Å². The lowest BCUT2D eigenvalue weighted by atomic mass is 10.1. The van der Waals surface area contributed by atoms with Crippen LogP contribution in [0.4, 0.5) is 8.78 Å². The molecule has 19 heavy (non-hydrogen) atoms. The van der Waals surface area contributed by atoms with Crippen LogP contribution in [-0.2, 0) is 0 Å². The first kappa shape index (κ1) is 13.9. The molecule has 104 valence electrons. The molecule has 1 aliphatic rings. The van der Waals surface area contributed by atoms with Gasteiger partial charge in [0.1, 0.15) is 0 Å². The zero-order valence-corrected chi connectivity index (χ0v) is 11.1. The van der Waals surface area contributed by atoms with Crippen LogP contribution in [-0.4, -0.2) is 53.9 Å². The Bertz CT molecular complexity index is 479. The number of hydrogen-bond donors (Lipinski definition) is 0.